The molecule has 0 saturated carbocycles. The molecule has 0 spiro atoms. The van der Waals surface area contributed by atoms with Crippen LogP contribution < -0.4 is 0 Å². The number of imidazole rings is 1. The molecule has 1 heterocycles. The third-order valence-corrected chi connectivity index (χ3v) is 0.406. The van der Waals surface area contributed by atoms with E-state index in [-0.39, 0.29) is 20.1 Å². The molecule has 6 heavy (non-hydrogen) atoms. The van der Waals surface area contributed by atoms with E-state index < -0.39 is 0 Å². The molecule has 1 N–H and O–H groups in total. The van der Waals surface area contributed by atoms with Crippen molar-refractivity contribution in [2.45, 2.75) is 0 Å². The second kappa shape index (κ2) is 3.07. The van der Waals surface area contributed by atoms with Crippen LogP contribution in [0.25, 0.3) is 0 Å². The van der Waals surface area contributed by atoms with E-state index in [1.807, 2.05) is 0 Å². The third kappa shape index (κ3) is 1.34. The summed E-state index contributed by atoms with van der Waals surface area (Å²) in [6.07, 6.45) is 5.08. The molecule has 1 aromatic heterocycles. The number of H-pyrrole nitrogens is 1. The van der Waals surface area contributed by atoms with E-state index in [4.69, 9.17) is 0 Å². The number of aromatic nitrogens is 2. The Bertz CT molecular complexity index is 65.3. The maximum absolute atomic E-state index is 3.67. The van der Waals surface area contributed by atoms with Crippen LogP contribution in [0.3, 0.4) is 0 Å². The fraction of sp³-hybridized carbons (Fsp3) is 0. The Kier molecular flexibility index (Phi) is 2.99. The molecule has 0 aromatic carbocycles. The molecule has 0 aliphatic rings. The van der Waals surface area contributed by atoms with Crippen molar-refractivity contribution in [3.05, 3.63) is 18.7 Å². The molecule has 0 amide bonds. The van der Waals surface area contributed by atoms with Crippen molar-refractivity contribution in [1.82, 2.24) is 9.97 Å². The summed E-state index contributed by atoms with van der Waals surface area (Å²) in [6.45, 7) is 0. The average Bonchev–Trinajstić information content (AvgIpc) is 1.76. The summed E-state index contributed by atoms with van der Waals surface area (Å²) in [5, 5.41) is 0. The predicted octanol–water partition coefficient (Wildman–Crippen LogP) is 0.407. The molecule has 32 valence electrons. The summed E-state index contributed by atoms with van der Waals surface area (Å²) in [4.78, 5) is 6.42. The predicted molar refractivity (Wildman–Crippen MR) is 18.6 cm³/mol. The van der Waals surface area contributed by atoms with Crippen molar-refractivity contribution in [2.24, 2.45) is 0 Å². The van der Waals surface area contributed by atoms with Crippen LogP contribution in [0, 0.1) is 0 Å². The first-order chi connectivity index (χ1) is 2.50. The fourth-order valence-corrected chi connectivity index (χ4v) is 0.215. The summed E-state index contributed by atoms with van der Waals surface area (Å²) < 4.78 is 0. The van der Waals surface area contributed by atoms with Gasteiger partial charge in [-0.3, -0.25) is 0 Å². The van der Waals surface area contributed by atoms with Gasteiger partial charge in [-0.05, 0) is 0 Å². The number of nitrogens with one attached hydrogen (secondary N) is 1. The fourth-order valence-electron chi connectivity index (χ4n) is 0.215. The van der Waals surface area contributed by atoms with Gasteiger partial charge >= 0.3 is 20.1 Å². The molecular weight excluding hydrogens is 256 g/mol. The Morgan fingerprint density at radius 2 is 2.33 bits per heavy atom. The Hall–Kier alpha value is -0.141. The zero-order chi connectivity index (χ0) is 3.54. The van der Waals surface area contributed by atoms with Gasteiger partial charge in [-0.1, -0.05) is 0 Å². The topological polar surface area (TPSA) is 28.7 Å². The zero-order valence-electron chi connectivity index (χ0n) is 3.01. The molecule has 0 radical (unpaired) electrons. The van der Waals surface area contributed by atoms with Gasteiger partial charge in [0.2, 0.25) is 0 Å². The molecule has 2 nitrogen and oxygen atoms in total. The first-order valence-corrected chi connectivity index (χ1v) is 1.43. The van der Waals surface area contributed by atoms with Crippen molar-refractivity contribution in [1.29, 1.82) is 0 Å². The van der Waals surface area contributed by atoms with Gasteiger partial charge in [0.05, 0.1) is 6.33 Å². The summed E-state index contributed by atoms with van der Waals surface area (Å²) >= 11 is 0. The van der Waals surface area contributed by atoms with E-state index >= 15 is 0 Å². The SMILES string of the molecule is [Ir+3].c1c[nH]cn1. The summed E-state index contributed by atoms with van der Waals surface area (Å²) in [5.41, 5.74) is 0. The van der Waals surface area contributed by atoms with Crippen molar-refractivity contribution in [3.8, 4) is 0 Å². The van der Waals surface area contributed by atoms with Gasteiger partial charge in [-0.2, -0.15) is 0 Å². The van der Waals surface area contributed by atoms with Gasteiger partial charge in [-0.15, -0.1) is 0 Å². The molecule has 0 aliphatic heterocycles. The number of hydrogen-bond donors (Lipinski definition) is 1. The van der Waals surface area contributed by atoms with Crippen LogP contribution in [0.1, 0.15) is 0 Å². The van der Waals surface area contributed by atoms with Crippen LogP contribution in [0.5, 0.6) is 0 Å². The minimum atomic E-state index is 0. The first-order valence-electron chi connectivity index (χ1n) is 1.43. The molecule has 0 atom stereocenters. The van der Waals surface area contributed by atoms with Crippen LogP contribution in [0.4, 0.5) is 0 Å². The largest absolute Gasteiger partial charge is 3.00 e. The molecule has 0 unspecified atom stereocenters. The number of aromatic amines is 1. The van der Waals surface area contributed by atoms with E-state index in [1.165, 1.54) is 0 Å². The van der Waals surface area contributed by atoms with Gasteiger partial charge in [0, 0.05) is 12.4 Å². The van der Waals surface area contributed by atoms with Crippen LogP contribution in [-0.4, -0.2) is 9.97 Å². The molecule has 3 heteroatoms. The molecule has 0 bridgehead atoms. The van der Waals surface area contributed by atoms with Crippen LogP contribution in [-0.2, 0) is 20.1 Å². The summed E-state index contributed by atoms with van der Waals surface area (Å²) in [7, 11) is 0. The Morgan fingerprint density at radius 1 is 1.50 bits per heavy atom. The molecule has 1 aromatic rings. The Morgan fingerprint density at radius 3 is 2.50 bits per heavy atom. The quantitative estimate of drug-likeness (QED) is 0.719. The molecule has 0 saturated heterocycles. The van der Waals surface area contributed by atoms with Gasteiger partial charge in [-0.25, -0.2) is 4.98 Å². The second-order valence-corrected chi connectivity index (χ2v) is 0.761. The summed E-state index contributed by atoms with van der Waals surface area (Å²) in [5.74, 6) is 0. The van der Waals surface area contributed by atoms with Gasteiger partial charge < -0.3 is 4.98 Å². The summed E-state index contributed by atoms with van der Waals surface area (Å²) in [6, 6.07) is 0. The van der Waals surface area contributed by atoms with E-state index in [9.17, 15) is 0 Å². The average molecular weight is 260 g/mol. The molecule has 0 aliphatic carbocycles. The van der Waals surface area contributed by atoms with Crippen LogP contribution >= 0.6 is 0 Å². The Labute approximate surface area is 49.3 Å². The Balaban J connectivity index is 0.000000250. The van der Waals surface area contributed by atoms with E-state index in [2.05, 4.69) is 9.97 Å². The standard InChI is InChI=1S/C3H4N2.Ir/c1-2-5-3-4-1;/h1-3H,(H,4,5);/q;+3. The monoisotopic (exact) mass is 261 g/mol. The maximum Gasteiger partial charge on any atom is 3.00 e. The van der Waals surface area contributed by atoms with Crippen molar-refractivity contribution in [2.75, 3.05) is 0 Å². The first kappa shape index (κ1) is 5.86. The smallest absolute Gasteiger partial charge is 0.351 e. The van der Waals surface area contributed by atoms with Gasteiger partial charge in [0.1, 0.15) is 0 Å². The van der Waals surface area contributed by atoms with Crippen molar-refractivity contribution >= 4 is 0 Å². The van der Waals surface area contributed by atoms with Crippen LogP contribution in [0.2, 0.25) is 0 Å². The van der Waals surface area contributed by atoms with E-state index in [0.29, 0.717) is 0 Å². The minimum Gasteiger partial charge on any atom is -0.351 e. The van der Waals surface area contributed by atoms with E-state index in [0.717, 1.165) is 0 Å². The van der Waals surface area contributed by atoms with E-state index in [1.54, 1.807) is 18.7 Å². The minimum absolute atomic E-state index is 0. The second-order valence-electron chi connectivity index (χ2n) is 0.761. The molecule has 1 rings (SSSR count). The van der Waals surface area contributed by atoms with Crippen molar-refractivity contribution in [3.63, 3.8) is 0 Å². The normalized spacial score (nSPS) is 6.67. The third-order valence-electron chi connectivity index (χ3n) is 0.406. The molecule has 0 fully saturated rings. The van der Waals surface area contributed by atoms with Gasteiger partial charge in [0.25, 0.3) is 0 Å². The zero-order valence-corrected chi connectivity index (χ0v) is 5.41. The number of hydrogen-bond acceptors (Lipinski definition) is 1. The van der Waals surface area contributed by atoms with Gasteiger partial charge in [0.15, 0.2) is 0 Å². The molecular formula is C3H4IrN2+3. The number of nitrogens with zero attached hydrogens (tertiary/aromatic N) is 1. The number of rotatable bonds is 0. The van der Waals surface area contributed by atoms with Crippen molar-refractivity contribution < 1.29 is 20.1 Å². The maximum atomic E-state index is 3.67. The van der Waals surface area contributed by atoms with Crippen LogP contribution in [0.15, 0.2) is 18.7 Å².